The van der Waals surface area contributed by atoms with Crippen LogP contribution < -0.4 is 0 Å². The van der Waals surface area contributed by atoms with Crippen LogP contribution in [0.2, 0.25) is 0 Å². The normalized spacial score (nSPS) is 11.3. The Morgan fingerprint density at radius 2 is 1.79 bits per heavy atom. The Labute approximate surface area is 107 Å². The smallest absolute Gasteiger partial charge is 0.433 e. The van der Waals surface area contributed by atoms with E-state index in [1.54, 1.807) is 0 Å². The minimum Gasteiger partial charge on any atom is -0.481 e. The summed E-state index contributed by atoms with van der Waals surface area (Å²) in [7, 11) is 0. The molecule has 0 spiro atoms. The molecule has 0 saturated heterocycles. The molecular formula is C12H12F3NO3. The molecule has 0 saturated carbocycles. The van der Waals surface area contributed by atoms with Crippen LogP contribution in [0.1, 0.15) is 41.7 Å². The number of Topliss-reactive ketones (excluding diaryl/α,β-unsaturated/α-hetero) is 1. The van der Waals surface area contributed by atoms with Crippen molar-refractivity contribution in [1.82, 2.24) is 4.98 Å². The minimum absolute atomic E-state index is 0.0292. The largest absolute Gasteiger partial charge is 0.481 e. The maximum atomic E-state index is 12.2. The van der Waals surface area contributed by atoms with Gasteiger partial charge < -0.3 is 5.11 Å². The second-order valence-corrected chi connectivity index (χ2v) is 3.95. The number of hydrogen-bond donors (Lipinski definition) is 1. The molecule has 1 aromatic rings. The van der Waals surface area contributed by atoms with Crippen molar-refractivity contribution in [2.24, 2.45) is 0 Å². The summed E-state index contributed by atoms with van der Waals surface area (Å²) in [5.74, 6) is -1.28. The molecule has 0 aliphatic rings. The van der Waals surface area contributed by atoms with E-state index in [4.69, 9.17) is 5.11 Å². The van der Waals surface area contributed by atoms with Crippen molar-refractivity contribution in [2.75, 3.05) is 0 Å². The minimum atomic E-state index is -4.52. The van der Waals surface area contributed by atoms with Gasteiger partial charge in [-0.05, 0) is 25.0 Å². The first-order valence-electron chi connectivity index (χ1n) is 5.59. The third-order valence-corrected chi connectivity index (χ3v) is 2.42. The van der Waals surface area contributed by atoms with E-state index in [1.165, 1.54) is 0 Å². The molecule has 7 heteroatoms. The summed E-state index contributed by atoms with van der Waals surface area (Å²) in [6.45, 7) is 0. The molecule has 104 valence electrons. The number of ketones is 1. The number of unbranched alkanes of at least 4 members (excludes halogenated alkanes) is 1. The number of carboxylic acid groups (broad SMARTS) is 1. The Balaban J connectivity index is 2.52. The highest BCUT2D eigenvalue weighted by Gasteiger charge is 2.32. The van der Waals surface area contributed by atoms with Gasteiger partial charge in [-0.3, -0.25) is 14.6 Å². The maximum absolute atomic E-state index is 12.2. The van der Waals surface area contributed by atoms with Gasteiger partial charge in [0.2, 0.25) is 0 Å². The van der Waals surface area contributed by atoms with Gasteiger partial charge in [-0.1, -0.05) is 0 Å². The van der Waals surface area contributed by atoms with Crippen molar-refractivity contribution < 1.29 is 27.9 Å². The van der Waals surface area contributed by atoms with E-state index in [-0.39, 0.29) is 24.2 Å². The number of carbonyl (C=O) groups is 2. The number of halogens is 3. The van der Waals surface area contributed by atoms with Crippen LogP contribution in [-0.4, -0.2) is 21.8 Å². The van der Waals surface area contributed by atoms with Crippen LogP contribution in [0.4, 0.5) is 13.2 Å². The van der Waals surface area contributed by atoms with Crippen LogP contribution in [0.5, 0.6) is 0 Å². The molecule has 1 aromatic heterocycles. The zero-order valence-corrected chi connectivity index (χ0v) is 9.91. The van der Waals surface area contributed by atoms with E-state index in [0.29, 0.717) is 12.8 Å². The van der Waals surface area contributed by atoms with Gasteiger partial charge in [0.1, 0.15) is 5.69 Å². The molecule has 0 aromatic carbocycles. The number of nitrogens with zero attached hydrogens (tertiary/aromatic N) is 1. The Hall–Kier alpha value is -1.92. The predicted octanol–water partition coefficient (Wildman–Crippen LogP) is 2.93. The van der Waals surface area contributed by atoms with Crippen LogP contribution in [0.15, 0.2) is 18.3 Å². The summed E-state index contributed by atoms with van der Waals surface area (Å²) >= 11 is 0. The molecule has 0 amide bonds. The standard InChI is InChI=1S/C12H12F3NO3/c13-12(14,15)10-6-5-8(7-16-10)9(17)3-1-2-4-11(18)19/h5-7H,1-4H2,(H,18,19). The quantitative estimate of drug-likeness (QED) is 0.640. The molecule has 0 fully saturated rings. The molecule has 0 bridgehead atoms. The second-order valence-electron chi connectivity index (χ2n) is 3.95. The van der Waals surface area contributed by atoms with Crippen LogP contribution in [0.25, 0.3) is 0 Å². The number of hydrogen-bond acceptors (Lipinski definition) is 3. The predicted molar refractivity (Wildman–Crippen MR) is 59.7 cm³/mol. The Bertz CT molecular complexity index is 454. The summed E-state index contributed by atoms with van der Waals surface area (Å²) in [4.78, 5) is 25.0. The van der Waals surface area contributed by atoms with E-state index >= 15 is 0 Å². The van der Waals surface area contributed by atoms with Gasteiger partial charge in [-0.15, -0.1) is 0 Å². The third-order valence-electron chi connectivity index (χ3n) is 2.42. The SMILES string of the molecule is O=C(O)CCCCC(=O)c1ccc(C(F)(F)F)nc1. The van der Waals surface area contributed by atoms with E-state index in [9.17, 15) is 22.8 Å². The Morgan fingerprint density at radius 1 is 1.16 bits per heavy atom. The van der Waals surface area contributed by atoms with Crippen LogP contribution >= 0.6 is 0 Å². The Kier molecular flexibility index (Phi) is 5.02. The Morgan fingerprint density at radius 3 is 2.26 bits per heavy atom. The first-order chi connectivity index (χ1) is 8.80. The highest BCUT2D eigenvalue weighted by atomic mass is 19.4. The lowest BCUT2D eigenvalue weighted by atomic mass is 10.1. The molecule has 0 atom stereocenters. The van der Waals surface area contributed by atoms with Crippen LogP contribution in [0.3, 0.4) is 0 Å². The van der Waals surface area contributed by atoms with Gasteiger partial charge in [0.15, 0.2) is 5.78 Å². The average molecular weight is 275 g/mol. The van der Waals surface area contributed by atoms with Crippen molar-refractivity contribution >= 4 is 11.8 Å². The first-order valence-corrected chi connectivity index (χ1v) is 5.59. The number of carboxylic acids is 1. The van der Waals surface area contributed by atoms with Crippen molar-refractivity contribution in [3.05, 3.63) is 29.6 Å². The summed E-state index contributed by atoms with van der Waals surface area (Å²) in [6.07, 6.45) is -2.83. The molecule has 0 aliphatic carbocycles. The molecule has 1 heterocycles. The molecule has 1 rings (SSSR count). The lowest BCUT2D eigenvalue weighted by Crippen LogP contribution is -2.09. The topological polar surface area (TPSA) is 67.3 Å². The van der Waals surface area contributed by atoms with Gasteiger partial charge in [-0.2, -0.15) is 13.2 Å². The fourth-order valence-electron chi connectivity index (χ4n) is 1.43. The number of carbonyl (C=O) groups excluding carboxylic acids is 1. The fraction of sp³-hybridized carbons (Fsp3) is 0.417. The molecular weight excluding hydrogens is 263 g/mol. The highest BCUT2D eigenvalue weighted by molar-refractivity contribution is 5.95. The van der Waals surface area contributed by atoms with Gasteiger partial charge in [-0.25, -0.2) is 0 Å². The number of pyridine rings is 1. The molecule has 0 aliphatic heterocycles. The van der Waals surface area contributed by atoms with Gasteiger partial charge in [0, 0.05) is 24.6 Å². The van der Waals surface area contributed by atoms with Gasteiger partial charge in [0.25, 0.3) is 0 Å². The number of alkyl halides is 3. The lowest BCUT2D eigenvalue weighted by molar-refractivity contribution is -0.141. The van der Waals surface area contributed by atoms with E-state index < -0.39 is 17.8 Å². The summed E-state index contributed by atoms with van der Waals surface area (Å²) in [5.41, 5.74) is -0.946. The molecule has 0 radical (unpaired) electrons. The van der Waals surface area contributed by atoms with Crippen molar-refractivity contribution in [3.8, 4) is 0 Å². The molecule has 4 nitrogen and oxygen atoms in total. The van der Waals surface area contributed by atoms with E-state index in [1.807, 2.05) is 0 Å². The zero-order chi connectivity index (χ0) is 14.5. The first kappa shape index (κ1) is 15.1. The molecule has 19 heavy (non-hydrogen) atoms. The number of aromatic nitrogens is 1. The van der Waals surface area contributed by atoms with E-state index in [2.05, 4.69) is 4.98 Å². The van der Waals surface area contributed by atoms with Crippen molar-refractivity contribution in [2.45, 2.75) is 31.9 Å². The maximum Gasteiger partial charge on any atom is 0.433 e. The van der Waals surface area contributed by atoms with Crippen molar-refractivity contribution in [3.63, 3.8) is 0 Å². The van der Waals surface area contributed by atoms with Gasteiger partial charge >= 0.3 is 12.1 Å². The third kappa shape index (κ3) is 5.07. The lowest BCUT2D eigenvalue weighted by Gasteiger charge is -2.06. The van der Waals surface area contributed by atoms with Crippen LogP contribution in [0, 0.1) is 0 Å². The van der Waals surface area contributed by atoms with E-state index in [0.717, 1.165) is 18.3 Å². The highest BCUT2D eigenvalue weighted by Crippen LogP contribution is 2.27. The molecule has 0 unspecified atom stereocenters. The van der Waals surface area contributed by atoms with Gasteiger partial charge in [0.05, 0.1) is 0 Å². The summed E-state index contributed by atoms with van der Waals surface area (Å²) in [6, 6.07) is 1.83. The van der Waals surface area contributed by atoms with Crippen LogP contribution in [-0.2, 0) is 11.0 Å². The number of aliphatic carboxylic acids is 1. The summed E-state index contributed by atoms with van der Waals surface area (Å²) in [5, 5.41) is 8.40. The molecule has 1 N–H and O–H groups in total. The zero-order valence-electron chi connectivity index (χ0n) is 9.91. The average Bonchev–Trinajstić information content (AvgIpc) is 2.33. The fourth-order valence-corrected chi connectivity index (χ4v) is 1.43. The summed E-state index contributed by atoms with van der Waals surface area (Å²) < 4.78 is 36.7. The number of rotatable bonds is 6. The monoisotopic (exact) mass is 275 g/mol. The van der Waals surface area contributed by atoms with Crippen molar-refractivity contribution in [1.29, 1.82) is 0 Å². The second kappa shape index (κ2) is 6.31.